The molecular weight excluding hydrogens is 333 g/mol. The van der Waals surface area contributed by atoms with Gasteiger partial charge in [0.1, 0.15) is 17.7 Å². The van der Waals surface area contributed by atoms with Gasteiger partial charge >= 0.3 is 6.09 Å². The highest BCUT2D eigenvalue weighted by Crippen LogP contribution is 2.36. The number of hydrogen-bond acceptors (Lipinski definition) is 6. The molecule has 2 heterocycles. The number of morpholine rings is 1. The van der Waals surface area contributed by atoms with E-state index in [1.807, 2.05) is 0 Å². The fourth-order valence-electron chi connectivity index (χ4n) is 2.89. The van der Waals surface area contributed by atoms with Gasteiger partial charge in [0.25, 0.3) is 0 Å². The Kier molecular flexibility index (Phi) is 4.93. The van der Waals surface area contributed by atoms with Gasteiger partial charge in [0.15, 0.2) is 0 Å². The molecule has 0 aliphatic carbocycles. The van der Waals surface area contributed by atoms with E-state index >= 15 is 0 Å². The average Bonchev–Trinajstić information content (AvgIpc) is 2.96. The van der Waals surface area contributed by atoms with Crippen LogP contribution in [0.3, 0.4) is 0 Å². The van der Waals surface area contributed by atoms with Crippen molar-refractivity contribution in [1.82, 2.24) is 5.32 Å². The molecule has 25 heavy (non-hydrogen) atoms. The number of nitrogens with one attached hydrogen (secondary N) is 1. The van der Waals surface area contributed by atoms with Crippen molar-refractivity contribution in [3.8, 4) is 5.75 Å². The van der Waals surface area contributed by atoms with Gasteiger partial charge in [0.05, 0.1) is 37.7 Å². The van der Waals surface area contributed by atoms with Gasteiger partial charge in [-0.2, -0.15) is 0 Å². The van der Waals surface area contributed by atoms with Crippen molar-refractivity contribution in [2.24, 2.45) is 0 Å². The number of rotatable bonds is 4. The molecule has 1 aromatic rings. The first-order valence-corrected chi connectivity index (χ1v) is 8.03. The third kappa shape index (κ3) is 3.76. The lowest BCUT2D eigenvalue weighted by molar-refractivity contribution is -0.119. The number of carbonyl (C=O) groups excluding carboxylic acids is 2. The summed E-state index contributed by atoms with van der Waals surface area (Å²) in [6.45, 7) is 3.67. The number of carbonyl (C=O) groups is 2. The summed E-state index contributed by atoms with van der Waals surface area (Å²) in [5, 5.41) is 12.8. The van der Waals surface area contributed by atoms with Gasteiger partial charge in [-0.15, -0.1) is 0 Å². The summed E-state index contributed by atoms with van der Waals surface area (Å²) in [5.41, 5.74) is 0.316. The minimum Gasteiger partial charge on any atom is -0.506 e. The Labute approximate surface area is 144 Å². The highest BCUT2D eigenvalue weighted by atomic mass is 19.1. The molecule has 2 aliphatic heterocycles. The quantitative estimate of drug-likeness (QED) is 0.833. The monoisotopic (exact) mass is 353 g/mol. The first-order chi connectivity index (χ1) is 12.0. The van der Waals surface area contributed by atoms with Gasteiger partial charge in [0.2, 0.25) is 5.91 Å². The second-order valence-electron chi connectivity index (χ2n) is 5.95. The maximum atomic E-state index is 14.5. The number of phenolic OH excluding ortho intramolecular Hbond substituents is 1. The normalized spacial score (nSPS) is 20.6. The van der Waals surface area contributed by atoms with E-state index in [4.69, 9.17) is 9.47 Å². The molecule has 2 saturated heterocycles. The molecular formula is C16H20FN3O5. The second kappa shape index (κ2) is 7.14. The average molecular weight is 353 g/mol. The van der Waals surface area contributed by atoms with Crippen LogP contribution in [0.4, 0.5) is 20.6 Å². The van der Waals surface area contributed by atoms with Crippen LogP contribution < -0.4 is 15.1 Å². The van der Waals surface area contributed by atoms with Crippen molar-refractivity contribution in [2.45, 2.75) is 13.0 Å². The van der Waals surface area contributed by atoms with Crippen LogP contribution in [-0.2, 0) is 14.3 Å². The predicted octanol–water partition coefficient (Wildman–Crippen LogP) is 0.829. The first-order valence-electron chi connectivity index (χ1n) is 8.03. The van der Waals surface area contributed by atoms with E-state index in [0.29, 0.717) is 26.3 Å². The fourth-order valence-corrected chi connectivity index (χ4v) is 2.89. The predicted molar refractivity (Wildman–Crippen MR) is 87.4 cm³/mol. The Morgan fingerprint density at radius 3 is 2.76 bits per heavy atom. The highest BCUT2D eigenvalue weighted by molar-refractivity contribution is 5.92. The molecule has 0 bridgehead atoms. The molecule has 0 radical (unpaired) electrons. The van der Waals surface area contributed by atoms with Crippen LogP contribution in [0.2, 0.25) is 0 Å². The summed E-state index contributed by atoms with van der Waals surface area (Å²) < 4.78 is 24.9. The Balaban J connectivity index is 1.77. The van der Waals surface area contributed by atoms with E-state index < -0.39 is 18.0 Å². The molecule has 0 saturated carbocycles. The van der Waals surface area contributed by atoms with Gasteiger partial charge in [-0.1, -0.05) is 0 Å². The molecule has 2 N–H and O–H groups in total. The summed E-state index contributed by atoms with van der Waals surface area (Å²) >= 11 is 0. The molecule has 0 aromatic heterocycles. The number of nitrogens with zero attached hydrogens (tertiary/aromatic N) is 2. The SMILES string of the molecule is CC(=O)NC[C@H]1CN(c2cc(F)c(N3CCOCC3)cc2O)C(=O)O1. The van der Waals surface area contributed by atoms with Crippen molar-refractivity contribution >= 4 is 23.4 Å². The number of phenols is 1. The van der Waals surface area contributed by atoms with Crippen LogP contribution in [0.1, 0.15) is 6.92 Å². The molecule has 3 rings (SSSR count). The van der Waals surface area contributed by atoms with Crippen molar-refractivity contribution in [3.05, 3.63) is 17.9 Å². The molecule has 1 aromatic carbocycles. The highest BCUT2D eigenvalue weighted by Gasteiger charge is 2.34. The molecule has 0 unspecified atom stereocenters. The van der Waals surface area contributed by atoms with Gasteiger partial charge < -0.3 is 24.8 Å². The van der Waals surface area contributed by atoms with Crippen LogP contribution in [-0.4, -0.2) is 62.6 Å². The van der Waals surface area contributed by atoms with E-state index in [1.165, 1.54) is 13.0 Å². The molecule has 1 atom stereocenters. The molecule has 0 spiro atoms. The summed E-state index contributed by atoms with van der Waals surface area (Å²) in [6, 6.07) is 2.44. The summed E-state index contributed by atoms with van der Waals surface area (Å²) in [7, 11) is 0. The number of benzene rings is 1. The van der Waals surface area contributed by atoms with E-state index in [2.05, 4.69) is 5.32 Å². The Bertz CT molecular complexity index is 678. The van der Waals surface area contributed by atoms with E-state index in [1.54, 1.807) is 4.90 Å². The van der Waals surface area contributed by atoms with Crippen LogP contribution in [0, 0.1) is 5.82 Å². The molecule has 8 nitrogen and oxygen atoms in total. The molecule has 9 heteroatoms. The summed E-state index contributed by atoms with van der Waals surface area (Å²) in [5.74, 6) is -0.980. The summed E-state index contributed by atoms with van der Waals surface area (Å²) in [4.78, 5) is 25.9. The Morgan fingerprint density at radius 1 is 1.36 bits per heavy atom. The van der Waals surface area contributed by atoms with Crippen molar-refractivity contribution in [2.75, 3.05) is 49.2 Å². The lowest BCUT2D eigenvalue weighted by Gasteiger charge is -2.29. The fraction of sp³-hybridized carbons (Fsp3) is 0.500. The zero-order valence-electron chi connectivity index (χ0n) is 13.8. The minimum absolute atomic E-state index is 0.0461. The lowest BCUT2D eigenvalue weighted by Crippen LogP contribution is -2.37. The topological polar surface area (TPSA) is 91.3 Å². The number of halogens is 1. The van der Waals surface area contributed by atoms with Gasteiger partial charge in [-0.3, -0.25) is 9.69 Å². The van der Waals surface area contributed by atoms with E-state index in [0.717, 1.165) is 11.0 Å². The molecule has 2 amide bonds. The van der Waals surface area contributed by atoms with E-state index in [-0.39, 0.29) is 36.1 Å². The number of cyclic esters (lactones) is 1. The number of amides is 2. The maximum Gasteiger partial charge on any atom is 0.414 e. The van der Waals surface area contributed by atoms with Crippen molar-refractivity contribution in [1.29, 1.82) is 0 Å². The van der Waals surface area contributed by atoms with Crippen LogP contribution in [0.15, 0.2) is 12.1 Å². The van der Waals surface area contributed by atoms with Crippen LogP contribution >= 0.6 is 0 Å². The van der Waals surface area contributed by atoms with Gasteiger partial charge in [-0.05, 0) is 0 Å². The first kappa shape index (κ1) is 17.3. The largest absolute Gasteiger partial charge is 0.506 e. The lowest BCUT2D eigenvalue weighted by atomic mass is 10.2. The van der Waals surface area contributed by atoms with Crippen molar-refractivity contribution in [3.63, 3.8) is 0 Å². The zero-order chi connectivity index (χ0) is 18.0. The molecule has 136 valence electrons. The number of ether oxygens (including phenoxy) is 2. The zero-order valence-corrected chi connectivity index (χ0v) is 13.8. The molecule has 2 aliphatic rings. The third-order valence-corrected chi connectivity index (χ3v) is 4.14. The summed E-state index contributed by atoms with van der Waals surface area (Å²) in [6.07, 6.45) is -1.25. The van der Waals surface area contributed by atoms with Crippen LogP contribution in [0.5, 0.6) is 5.75 Å². The van der Waals surface area contributed by atoms with Crippen LogP contribution in [0.25, 0.3) is 0 Å². The Morgan fingerprint density at radius 2 is 2.08 bits per heavy atom. The minimum atomic E-state index is -0.691. The molecule has 2 fully saturated rings. The van der Waals surface area contributed by atoms with Crippen molar-refractivity contribution < 1.29 is 28.6 Å². The van der Waals surface area contributed by atoms with E-state index in [9.17, 15) is 19.1 Å². The standard InChI is InChI=1S/C16H20FN3O5/c1-10(21)18-8-11-9-20(16(23)25-11)14-6-12(17)13(7-15(14)22)19-2-4-24-5-3-19/h6-7,11,22H,2-5,8-9H2,1H3,(H,18,21)/t11-/m0/s1. The number of hydrogen-bond donors (Lipinski definition) is 2. The Hall–Kier alpha value is -2.55. The smallest absolute Gasteiger partial charge is 0.414 e. The van der Waals surface area contributed by atoms with Gasteiger partial charge in [-0.25, -0.2) is 9.18 Å². The number of anilines is 2. The second-order valence-corrected chi connectivity index (χ2v) is 5.95. The third-order valence-electron chi connectivity index (χ3n) is 4.14. The van der Waals surface area contributed by atoms with Gasteiger partial charge in [0, 0.05) is 32.1 Å². The maximum absolute atomic E-state index is 14.5. The number of aromatic hydroxyl groups is 1.